The van der Waals surface area contributed by atoms with Gasteiger partial charge in [0.25, 0.3) is 5.91 Å². The number of rotatable bonds is 4. The molecule has 1 heterocycles. The van der Waals surface area contributed by atoms with Crippen LogP contribution >= 0.6 is 0 Å². The monoisotopic (exact) mass is 362 g/mol. The van der Waals surface area contributed by atoms with Gasteiger partial charge in [-0.3, -0.25) is 4.79 Å². The summed E-state index contributed by atoms with van der Waals surface area (Å²) in [6.45, 7) is 2.06. The predicted molar refractivity (Wildman–Crippen MR) is 93.5 cm³/mol. The summed E-state index contributed by atoms with van der Waals surface area (Å²) in [5.74, 6) is 2.03. The number of hydrogen-bond donors (Lipinski definition) is 2. The first-order chi connectivity index (χ1) is 11.8. The molecule has 2 aliphatic rings. The lowest BCUT2D eigenvalue weighted by Gasteiger charge is -2.28. The lowest BCUT2D eigenvalue weighted by atomic mass is 9.84. The van der Waals surface area contributed by atoms with Gasteiger partial charge in [0.05, 0.1) is 4.90 Å². The maximum Gasteiger partial charge on any atom is 0.287 e. The highest BCUT2D eigenvalue weighted by molar-refractivity contribution is 7.89. The van der Waals surface area contributed by atoms with Crippen LogP contribution in [0.5, 0.6) is 0 Å². The molecule has 1 aromatic carbocycles. The molecule has 2 bridgehead atoms. The van der Waals surface area contributed by atoms with Crippen molar-refractivity contribution < 1.29 is 17.6 Å². The molecular weight excluding hydrogens is 340 g/mol. The van der Waals surface area contributed by atoms with Crippen LogP contribution in [-0.2, 0) is 10.0 Å². The van der Waals surface area contributed by atoms with Gasteiger partial charge < -0.3 is 9.73 Å². The van der Waals surface area contributed by atoms with Crippen LogP contribution in [0.2, 0.25) is 0 Å². The summed E-state index contributed by atoms with van der Waals surface area (Å²) < 4.78 is 28.5. The number of nitrogens with two attached hydrogens (primary N) is 1. The number of carbonyl (C=O) groups excluding carboxylic acids is 1. The molecule has 4 atom stereocenters. The molecule has 0 radical (unpaired) electrons. The Morgan fingerprint density at radius 2 is 2.08 bits per heavy atom. The summed E-state index contributed by atoms with van der Waals surface area (Å²) in [7, 11) is -3.78. The highest BCUT2D eigenvalue weighted by Gasteiger charge is 2.42. The van der Waals surface area contributed by atoms with E-state index in [-0.39, 0.29) is 22.6 Å². The molecular formula is C18H22N2O4S. The fraction of sp³-hybridized carbons (Fsp3) is 0.500. The Hall–Kier alpha value is -1.86. The van der Waals surface area contributed by atoms with Crippen molar-refractivity contribution in [2.45, 2.75) is 43.5 Å². The fourth-order valence-electron chi connectivity index (χ4n) is 4.60. The summed E-state index contributed by atoms with van der Waals surface area (Å²) in [6, 6.07) is 5.99. The molecule has 2 aromatic rings. The highest BCUT2D eigenvalue weighted by atomic mass is 32.2. The number of amides is 1. The van der Waals surface area contributed by atoms with Gasteiger partial charge >= 0.3 is 0 Å². The van der Waals surface area contributed by atoms with Gasteiger partial charge in [0.1, 0.15) is 5.58 Å². The first kappa shape index (κ1) is 16.6. The van der Waals surface area contributed by atoms with Gasteiger partial charge in [-0.15, -0.1) is 0 Å². The quantitative estimate of drug-likeness (QED) is 0.872. The average molecular weight is 362 g/mol. The van der Waals surface area contributed by atoms with Crippen LogP contribution in [0, 0.1) is 17.8 Å². The zero-order chi connectivity index (χ0) is 17.8. The number of carbonyl (C=O) groups is 1. The molecule has 25 heavy (non-hydrogen) atoms. The fourth-order valence-corrected chi connectivity index (χ4v) is 5.15. The lowest BCUT2D eigenvalue weighted by Crippen LogP contribution is -2.39. The van der Waals surface area contributed by atoms with Crippen LogP contribution in [0.3, 0.4) is 0 Å². The van der Waals surface area contributed by atoms with E-state index < -0.39 is 10.0 Å². The topological polar surface area (TPSA) is 102 Å². The third-order valence-electron chi connectivity index (χ3n) is 5.83. The van der Waals surface area contributed by atoms with E-state index in [4.69, 9.17) is 9.56 Å². The molecule has 2 saturated carbocycles. The number of primary sulfonamides is 1. The zero-order valence-corrected chi connectivity index (χ0v) is 14.9. The maximum atomic E-state index is 12.5. The first-order valence-electron chi connectivity index (χ1n) is 8.68. The van der Waals surface area contributed by atoms with Gasteiger partial charge in [-0.25, -0.2) is 13.6 Å². The highest BCUT2D eigenvalue weighted by Crippen LogP contribution is 2.49. The Bertz CT molecular complexity index is 934. The van der Waals surface area contributed by atoms with Crippen molar-refractivity contribution in [1.82, 2.24) is 5.32 Å². The number of hydrogen-bond acceptors (Lipinski definition) is 4. The lowest BCUT2D eigenvalue weighted by molar-refractivity contribution is 0.0889. The number of nitrogens with one attached hydrogen (secondary N) is 1. The smallest absolute Gasteiger partial charge is 0.287 e. The number of fused-ring (bicyclic) bond motifs is 3. The Morgan fingerprint density at radius 1 is 1.28 bits per heavy atom. The molecule has 6 nitrogen and oxygen atoms in total. The van der Waals surface area contributed by atoms with Gasteiger partial charge in [0.15, 0.2) is 5.76 Å². The molecule has 0 aliphatic heterocycles. The first-order valence-corrected chi connectivity index (χ1v) is 10.2. The van der Waals surface area contributed by atoms with Crippen molar-refractivity contribution in [3.63, 3.8) is 0 Å². The van der Waals surface area contributed by atoms with E-state index in [0.29, 0.717) is 16.9 Å². The summed E-state index contributed by atoms with van der Waals surface area (Å²) >= 11 is 0. The molecule has 2 fully saturated rings. The molecule has 7 heteroatoms. The molecule has 1 aromatic heterocycles. The Balaban J connectivity index is 1.52. The van der Waals surface area contributed by atoms with Crippen molar-refractivity contribution >= 4 is 26.9 Å². The van der Waals surface area contributed by atoms with Gasteiger partial charge in [0, 0.05) is 11.4 Å². The Labute approximate surface area is 146 Å². The van der Waals surface area contributed by atoms with Crippen LogP contribution < -0.4 is 10.5 Å². The van der Waals surface area contributed by atoms with E-state index in [9.17, 15) is 13.2 Å². The summed E-state index contributed by atoms with van der Waals surface area (Å²) in [6.07, 6.45) is 5.10. The van der Waals surface area contributed by atoms with Crippen LogP contribution in [-0.4, -0.2) is 20.4 Å². The minimum atomic E-state index is -3.78. The van der Waals surface area contributed by atoms with Crippen LogP contribution in [0.25, 0.3) is 11.0 Å². The predicted octanol–water partition coefficient (Wildman–Crippen LogP) is 2.63. The van der Waals surface area contributed by atoms with E-state index in [1.165, 1.54) is 43.9 Å². The number of furan rings is 1. The number of sulfonamides is 1. The molecule has 4 rings (SSSR count). The van der Waals surface area contributed by atoms with Crippen molar-refractivity contribution in [2.24, 2.45) is 22.9 Å². The largest absolute Gasteiger partial charge is 0.451 e. The molecule has 1 amide bonds. The minimum absolute atomic E-state index is 0.00288. The van der Waals surface area contributed by atoms with E-state index >= 15 is 0 Å². The van der Waals surface area contributed by atoms with Crippen molar-refractivity contribution in [1.29, 1.82) is 0 Å². The Kier molecular flexibility index (Phi) is 3.88. The van der Waals surface area contributed by atoms with Crippen molar-refractivity contribution in [3.05, 3.63) is 30.0 Å². The summed E-state index contributed by atoms with van der Waals surface area (Å²) in [5.41, 5.74) is 0.463. The summed E-state index contributed by atoms with van der Waals surface area (Å²) in [5, 5.41) is 8.74. The Morgan fingerprint density at radius 3 is 2.72 bits per heavy atom. The van der Waals surface area contributed by atoms with Gasteiger partial charge in [-0.2, -0.15) is 0 Å². The zero-order valence-electron chi connectivity index (χ0n) is 14.1. The second-order valence-electron chi connectivity index (χ2n) is 7.46. The third-order valence-corrected chi connectivity index (χ3v) is 6.74. The second kappa shape index (κ2) is 5.85. The van der Waals surface area contributed by atoms with Gasteiger partial charge in [-0.05, 0) is 68.2 Å². The van der Waals surface area contributed by atoms with Crippen molar-refractivity contribution in [2.75, 3.05) is 0 Å². The molecule has 3 N–H and O–H groups in total. The van der Waals surface area contributed by atoms with Gasteiger partial charge in [-0.1, -0.05) is 6.42 Å². The third kappa shape index (κ3) is 3.06. The van der Waals surface area contributed by atoms with Crippen LogP contribution in [0.1, 0.15) is 43.2 Å². The van der Waals surface area contributed by atoms with Crippen molar-refractivity contribution in [3.8, 4) is 0 Å². The standard InChI is InChI=1S/C18H22N2O4S/c1-10(15-7-11-2-3-12(15)6-11)20-18(21)17-9-13-8-14(25(19,22)23)4-5-16(13)24-17/h4-5,8-12,15H,2-3,6-7H2,1H3,(H,20,21)(H2,19,22,23). The minimum Gasteiger partial charge on any atom is -0.451 e. The number of benzene rings is 1. The molecule has 134 valence electrons. The second-order valence-corrected chi connectivity index (χ2v) is 9.02. The van der Waals surface area contributed by atoms with E-state index in [2.05, 4.69) is 12.2 Å². The van der Waals surface area contributed by atoms with Crippen LogP contribution in [0.15, 0.2) is 33.6 Å². The van der Waals surface area contributed by atoms with Gasteiger partial charge in [0.2, 0.25) is 10.0 Å². The van der Waals surface area contributed by atoms with E-state index in [1.54, 1.807) is 6.07 Å². The molecule has 0 spiro atoms. The molecule has 2 aliphatic carbocycles. The summed E-state index contributed by atoms with van der Waals surface area (Å²) in [4.78, 5) is 12.5. The average Bonchev–Trinajstić information content (AvgIpc) is 3.27. The van der Waals surface area contributed by atoms with Crippen LogP contribution in [0.4, 0.5) is 0 Å². The van der Waals surface area contributed by atoms with E-state index in [1.807, 2.05) is 0 Å². The van der Waals surface area contributed by atoms with E-state index in [0.717, 1.165) is 11.8 Å². The molecule has 4 unspecified atom stereocenters. The SMILES string of the molecule is CC(NC(=O)c1cc2cc(S(N)(=O)=O)ccc2o1)C1CC2CCC1C2. The maximum absolute atomic E-state index is 12.5. The molecule has 0 saturated heterocycles. The normalized spacial score (nSPS) is 26.9.